The van der Waals surface area contributed by atoms with Crippen molar-refractivity contribution in [3.05, 3.63) is 12.2 Å². The highest BCUT2D eigenvalue weighted by Crippen LogP contribution is 2.69. The number of rotatable bonds is 8. The lowest BCUT2D eigenvalue weighted by molar-refractivity contribution is -0.0590. The maximum Gasteiger partial charge on any atom is 0.0543 e. The van der Waals surface area contributed by atoms with Crippen molar-refractivity contribution in [2.24, 2.45) is 22.7 Å². The Morgan fingerprint density at radius 2 is 1.91 bits per heavy atom. The van der Waals surface area contributed by atoms with Crippen LogP contribution >= 0.6 is 0 Å². The van der Waals surface area contributed by atoms with Crippen LogP contribution in [0.15, 0.2) is 12.2 Å². The van der Waals surface area contributed by atoms with Crippen molar-refractivity contribution in [1.29, 1.82) is 0 Å². The van der Waals surface area contributed by atoms with E-state index in [0.717, 1.165) is 25.2 Å². The van der Waals surface area contributed by atoms with Crippen LogP contribution in [0.4, 0.5) is 0 Å². The van der Waals surface area contributed by atoms with E-state index in [2.05, 4.69) is 34.3 Å². The molecule has 0 aromatic heterocycles. The summed E-state index contributed by atoms with van der Waals surface area (Å²) in [5.41, 5.74) is 2.18. The van der Waals surface area contributed by atoms with Crippen LogP contribution in [0.5, 0.6) is 0 Å². The smallest absolute Gasteiger partial charge is 0.0543 e. The Bertz CT molecular complexity index is 397. The molecule has 5 unspecified atom stereocenters. The fourth-order valence-corrected chi connectivity index (χ4v) is 6.03. The first-order valence-corrected chi connectivity index (χ1v) is 10.3. The van der Waals surface area contributed by atoms with E-state index >= 15 is 0 Å². The molecular formula is C22H40O. The number of allylic oxidation sites excluding steroid dienone is 1. The maximum absolute atomic E-state index is 10.2. The Labute approximate surface area is 144 Å². The molecule has 2 aliphatic rings. The average Bonchev–Trinajstić information content (AvgIpc) is 2.74. The lowest BCUT2D eigenvalue weighted by Gasteiger charge is -2.54. The van der Waals surface area contributed by atoms with Gasteiger partial charge in [0.1, 0.15) is 0 Å². The predicted octanol–water partition coefficient (Wildman–Crippen LogP) is 6.51. The quantitative estimate of drug-likeness (QED) is 0.399. The third-order valence-electron chi connectivity index (χ3n) is 7.73. The van der Waals surface area contributed by atoms with Crippen LogP contribution in [-0.2, 0) is 0 Å². The van der Waals surface area contributed by atoms with E-state index in [-0.39, 0.29) is 11.5 Å². The topological polar surface area (TPSA) is 20.2 Å². The Morgan fingerprint density at radius 1 is 1.22 bits per heavy atom. The van der Waals surface area contributed by atoms with Gasteiger partial charge in [-0.05, 0) is 61.2 Å². The van der Waals surface area contributed by atoms with Crippen molar-refractivity contribution in [3.8, 4) is 0 Å². The molecule has 0 aromatic carbocycles. The van der Waals surface area contributed by atoms with Crippen molar-refractivity contribution in [1.82, 2.24) is 0 Å². The summed E-state index contributed by atoms with van der Waals surface area (Å²) in [6, 6.07) is 0. The number of unbranched alkanes of at least 4 members (excludes halogenated alkanes) is 3. The van der Waals surface area contributed by atoms with Crippen LogP contribution in [0.1, 0.15) is 98.3 Å². The van der Waals surface area contributed by atoms with Gasteiger partial charge in [-0.2, -0.15) is 0 Å². The largest absolute Gasteiger partial charge is 0.393 e. The number of aliphatic hydroxyl groups excluding tert-OH is 1. The molecule has 0 heterocycles. The molecule has 5 atom stereocenters. The van der Waals surface area contributed by atoms with Gasteiger partial charge in [-0.1, -0.05) is 72.0 Å². The molecule has 0 saturated heterocycles. The van der Waals surface area contributed by atoms with E-state index in [1.54, 1.807) is 0 Å². The summed E-state index contributed by atoms with van der Waals surface area (Å²) in [5, 5.41) is 10.2. The standard InChI is InChI=1S/C22H40O/c1-6-8-10-11-17(3)21(5)18(4)15-19-16-20(23)12-14-22(19,21)13-9-7-2/h17,19-20,23H,4,6-16H2,1-3,5H3. The monoisotopic (exact) mass is 320 g/mol. The maximum atomic E-state index is 10.2. The fraction of sp³-hybridized carbons (Fsp3) is 0.909. The summed E-state index contributed by atoms with van der Waals surface area (Å²) in [7, 11) is 0. The first kappa shape index (κ1) is 19.0. The zero-order chi connectivity index (χ0) is 17.1. The lowest BCUT2D eigenvalue weighted by Crippen LogP contribution is -2.47. The van der Waals surface area contributed by atoms with Gasteiger partial charge in [-0.25, -0.2) is 0 Å². The van der Waals surface area contributed by atoms with Gasteiger partial charge < -0.3 is 5.11 Å². The van der Waals surface area contributed by atoms with Crippen molar-refractivity contribution in [2.75, 3.05) is 0 Å². The van der Waals surface area contributed by atoms with Crippen LogP contribution < -0.4 is 0 Å². The van der Waals surface area contributed by atoms with Crippen LogP contribution in [0.25, 0.3) is 0 Å². The Morgan fingerprint density at radius 3 is 2.57 bits per heavy atom. The zero-order valence-electron chi connectivity index (χ0n) is 16.2. The molecule has 2 aliphatic carbocycles. The second kappa shape index (κ2) is 7.72. The van der Waals surface area contributed by atoms with Gasteiger partial charge in [0.25, 0.3) is 0 Å². The summed E-state index contributed by atoms with van der Waals surface area (Å²) < 4.78 is 0. The highest BCUT2D eigenvalue weighted by Gasteiger charge is 2.61. The second-order valence-corrected chi connectivity index (χ2v) is 8.79. The molecular weight excluding hydrogens is 280 g/mol. The number of aliphatic hydroxyl groups is 1. The molecule has 1 nitrogen and oxygen atoms in total. The molecule has 1 N–H and O–H groups in total. The van der Waals surface area contributed by atoms with Gasteiger partial charge in [0, 0.05) is 0 Å². The summed E-state index contributed by atoms with van der Waals surface area (Å²) in [5.74, 6) is 1.39. The van der Waals surface area contributed by atoms with E-state index < -0.39 is 0 Å². The van der Waals surface area contributed by atoms with E-state index in [0.29, 0.717) is 11.3 Å². The number of fused-ring (bicyclic) bond motifs is 1. The first-order chi connectivity index (χ1) is 10.9. The molecule has 2 fully saturated rings. The molecule has 0 aromatic rings. The molecule has 134 valence electrons. The molecule has 0 spiro atoms. The zero-order valence-corrected chi connectivity index (χ0v) is 16.2. The molecule has 0 aliphatic heterocycles. The van der Waals surface area contributed by atoms with Crippen LogP contribution in [0, 0.1) is 22.7 Å². The molecule has 0 bridgehead atoms. The minimum absolute atomic E-state index is 0.0692. The van der Waals surface area contributed by atoms with Gasteiger partial charge in [0.2, 0.25) is 0 Å². The molecule has 0 amide bonds. The van der Waals surface area contributed by atoms with E-state index in [4.69, 9.17) is 0 Å². The van der Waals surface area contributed by atoms with Crippen LogP contribution in [-0.4, -0.2) is 11.2 Å². The molecule has 0 radical (unpaired) electrons. The summed E-state index contributed by atoms with van der Waals surface area (Å²) in [4.78, 5) is 0. The van der Waals surface area contributed by atoms with Crippen molar-refractivity contribution in [3.63, 3.8) is 0 Å². The number of hydrogen-bond acceptors (Lipinski definition) is 1. The van der Waals surface area contributed by atoms with Gasteiger partial charge in [0.15, 0.2) is 0 Å². The minimum Gasteiger partial charge on any atom is -0.393 e. The average molecular weight is 321 g/mol. The van der Waals surface area contributed by atoms with Gasteiger partial charge in [-0.15, -0.1) is 0 Å². The molecule has 23 heavy (non-hydrogen) atoms. The van der Waals surface area contributed by atoms with E-state index in [1.165, 1.54) is 56.9 Å². The van der Waals surface area contributed by atoms with Gasteiger partial charge >= 0.3 is 0 Å². The minimum atomic E-state index is -0.0692. The third-order valence-corrected chi connectivity index (χ3v) is 7.73. The Kier molecular flexibility index (Phi) is 6.39. The summed E-state index contributed by atoms with van der Waals surface area (Å²) >= 11 is 0. The Balaban J connectivity index is 2.27. The van der Waals surface area contributed by atoms with E-state index in [1.807, 2.05) is 0 Å². The van der Waals surface area contributed by atoms with Crippen molar-refractivity contribution >= 4 is 0 Å². The molecule has 1 heteroatoms. The van der Waals surface area contributed by atoms with Gasteiger partial charge in [-0.3, -0.25) is 0 Å². The normalized spacial score (nSPS) is 38.6. The Hall–Kier alpha value is -0.300. The summed E-state index contributed by atoms with van der Waals surface area (Å²) in [6.07, 6.45) is 13.6. The van der Waals surface area contributed by atoms with Crippen LogP contribution in [0.3, 0.4) is 0 Å². The van der Waals surface area contributed by atoms with Crippen LogP contribution in [0.2, 0.25) is 0 Å². The van der Waals surface area contributed by atoms with Crippen molar-refractivity contribution in [2.45, 2.75) is 104 Å². The lowest BCUT2D eigenvalue weighted by atomic mass is 9.51. The predicted molar refractivity (Wildman–Crippen MR) is 100 cm³/mol. The van der Waals surface area contributed by atoms with E-state index in [9.17, 15) is 5.11 Å². The van der Waals surface area contributed by atoms with Gasteiger partial charge in [0.05, 0.1) is 6.10 Å². The molecule has 2 rings (SSSR count). The second-order valence-electron chi connectivity index (χ2n) is 8.79. The summed E-state index contributed by atoms with van der Waals surface area (Å²) in [6.45, 7) is 14.2. The highest BCUT2D eigenvalue weighted by molar-refractivity contribution is 5.27. The molecule has 2 saturated carbocycles. The first-order valence-electron chi connectivity index (χ1n) is 10.3. The highest BCUT2D eigenvalue weighted by atomic mass is 16.3. The SMILES string of the molecule is C=C1CC2CC(O)CCC2(CCCC)C1(C)C(C)CCCCC. The van der Waals surface area contributed by atoms with Crippen molar-refractivity contribution < 1.29 is 5.11 Å². The third kappa shape index (κ3) is 3.28. The number of hydrogen-bond donors (Lipinski definition) is 1. The fourth-order valence-electron chi connectivity index (χ4n) is 6.03.